The first-order valence-corrected chi connectivity index (χ1v) is 7.23. The normalized spacial score (nSPS) is 10.2. The molecule has 0 unspecified atom stereocenters. The van der Waals surface area contributed by atoms with Gasteiger partial charge in [0.2, 0.25) is 0 Å². The number of carbonyl (C=O) groups excluding carboxylic acids is 1. The molecule has 1 amide bonds. The van der Waals surface area contributed by atoms with E-state index < -0.39 is 0 Å². The van der Waals surface area contributed by atoms with Crippen molar-refractivity contribution in [1.29, 1.82) is 0 Å². The van der Waals surface area contributed by atoms with Crippen LogP contribution in [0.4, 0.5) is 11.4 Å². The summed E-state index contributed by atoms with van der Waals surface area (Å²) in [5.74, 6) is -0.158. The summed E-state index contributed by atoms with van der Waals surface area (Å²) in [6.07, 6.45) is 0. The molecule has 2 aromatic rings. The molecule has 0 heterocycles. The van der Waals surface area contributed by atoms with Crippen molar-refractivity contribution in [2.24, 2.45) is 0 Å². The van der Waals surface area contributed by atoms with E-state index in [1.807, 2.05) is 26.1 Å². The Morgan fingerprint density at radius 2 is 1.95 bits per heavy atom. The molecule has 0 saturated heterocycles. The van der Waals surface area contributed by atoms with E-state index in [0.717, 1.165) is 15.7 Å². The molecule has 0 atom stereocenters. The van der Waals surface area contributed by atoms with E-state index in [4.69, 9.17) is 11.6 Å². The number of anilines is 2. The van der Waals surface area contributed by atoms with Crippen LogP contribution in [0.5, 0.6) is 0 Å². The zero-order chi connectivity index (χ0) is 14.7. The molecule has 0 aliphatic heterocycles. The second kappa shape index (κ2) is 6.29. The summed E-state index contributed by atoms with van der Waals surface area (Å²) in [5, 5.41) is 6.46. The molecule has 5 heteroatoms. The summed E-state index contributed by atoms with van der Waals surface area (Å²) in [6, 6.07) is 10.8. The SMILES string of the molecule is CNc1ccc(C(=O)Nc2ccc(Br)c(Cl)c2)cc1C. The minimum absolute atomic E-state index is 0.158. The molecule has 20 heavy (non-hydrogen) atoms. The predicted octanol–water partition coefficient (Wildman–Crippen LogP) is 4.70. The molecular weight excluding hydrogens is 340 g/mol. The van der Waals surface area contributed by atoms with E-state index in [1.54, 1.807) is 24.3 Å². The highest BCUT2D eigenvalue weighted by Crippen LogP contribution is 2.26. The lowest BCUT2D eigenvalue weighted by molar-refractivity contribution is 0.102. The van der Waals surface area contributed by atoms with Gasteiger partial charge in [-0.3, -0.25) is 4.79 Å². The number of aryl methyl sites for hydroxylation is 1. The Bertz CT molecular complexity index is 658. The van der Waals surface area contributed by atoms with E-state index in [2.05, 4.69) is 26.6 Å². The topological polar surface area (TPSA) is 41.1 Å². The van der Waals surface area contributed by atoms with E-state index in [-0.39, 0.29) is 5.91 Å². The molecule has 0 fully saturated rings. The predicted molar refractivity (Wildman–Crippen MR) is 87.8 cm³/mol. The third-order valence-corrected chi connectivity index (χ3v) is 4.17. The lowest BCUT2D eigenvalue weighted by Gasteiger charge is -2.09. The number of carbonyl (C=O) groups is 1. The summed E-state index contributed by atoms with van der Waals surface area (Å²) in [5.41, 5.74) is 3.31. The first-order chi connectivity index (χ1) is 9.51. The van der Waals surface area contributed by atoms with Gasteiger partial charge in [-0.1, -0.05) is 11.6 Å². The summed E-state index contributed by atoms with van der Waals surface area (Å²) < 4.78 is 0.798. The number of halogens is 2. The molecule has 3 nitrogen and oxygen atoms in total. The molecule has 2 aromatic carbocycles. The van der Waals surface area contributed by atoms with Crippen LogP contribution in [0.15, 0.2) is 40.9 Å². The molecule has 104 valence electrons. The Kier molecular flexibility index (Phi) is 4.68. The second-order valence-corrected chi connectivity index (χ2v) is 5.62. The van der Waals surface area contributed by atoms with Gasteiger partial charge in [-0.25, -0.2) is 0 Å². The molecule has 0 radical (unpaired) electrons. The Hall–Kier alpha value is -1.52. The maximum Gasteiger partial charge on any atom is 0.255 e. The van der Waals surface area contributed by atoms with Crippen LogP contribution in [0, 0.1) is 6.92 Å². The zero-order valence-electron chi connectivity index (χ0n) is 11.1. The van der Waals surface area contributed by atoms with E-state index >= 15 is 0 Å². The van der Waals surface area contributed by atoms with Crippen LogP contribution >= 0.6 is 27.5 Å². The minimum atomic E-state index is -0.158. The third kappa shape index (κ3) is 3.32. The van der Waals surface area contributed by atoms with Crippen molar-refractivity contribution < 1.29 is 4.79 Å². The summed E-state index contributed by atoms with van der Waals surface area (Å²) in [6.45, 7) is 1.96. The maximum absolute atomic E-state index is 12.2. The molecule has 0 bridgehead atoms. The van der Waals surface area contributed by atoms with Crippen molar-refractivity contribution in [3.8, 4) is 0 Å². The van der Waals surface area contributed by atoms with Gasteiger partial charge in [0.25, 0.3) is 5.91 Å². The van der Waals surface area contributed by atoms with E-state index in [9.17, 15) is 4.79 Å². The van der Waals surface area contributed by atoms with E-state index in [0.29, 0.717) is 16.3 Å². The van der Waals surface area contributed by atoms with Gasteiger partial charge in [-0.2, -0.15) is 0 Å². The highest BCUT2D eigenvalue weighted by atomic mass is 79.9. The molecular formula is C15H14BrClN2O. The lowest BCUT2D eigenvalue weighted by Crippen LogP contribution is -2.12. The average Bonchev–Trinajstić information content (AvgIpc) is 2.42. The number of nitrogens with one attached hydrogen (secondary N) is 2. The first kappa shape index (κ1) is 14.9. The quantitative estimate of drug-likeness (QED) is 0.839. The number of hydrogen-bond acceptors (Lipinski definition) is 2. The zero-order valence-corrected chi connectivity index (χ0v) is 13.5. The Morgan fingerprint density at radius 3 is 2.55 bits per heavy atom. The smallest absolute Gasteiger partial charge is 0.255 e. The van der Waals surface area contributed by atoms with Crippen molar-refractivity contribution >= 4 is 44.8 Å². The summed E-state index contributed by atoms with van der Waals surface area (Å²) in [4.78, 5) is 12.2. The maximum atomic E-state index is 12.2. The van der Waals surface area contributed by atoms with Gasteiger partial charge in [-0.05, 0) is 64.8 Å². The minimum Gasteiger partial charge on any atom is -0.388 e. The Balaban J connectivity index is 2.19. The van der Waals surface area contributed by atoms with Crippen molar-refractivity contribution in [2.45, 2.75) is 6.92 Å². The van der Waals surface area contributed by atoms with Crippen molar-refractivity contribution in [2.75, 3.05) is 17.7 Å². The van der Waals surface area contributed by atoms with Crippen LogP contribution in [0.25, 0.3) is 0 Å². The largest absolute Gasteiger partial charge is 0.388 e. The molecule has 2 N–H and O–H groups in total. The monoisotopic (exact) mass is 352 g/mol. The molecule has 0 aliphatic carbocycles. The van der Waals surface area contributed by atoms with Crippen molar-refractivity contribution in [1.82, 2.24) is 0 Å². The molecule has 0 aliphatic rings. The van der Waals surface area contributed by atoms with Crippen LogP contribution in [0.2, 0.25) is 5.02 Å². The van der Waals surface area contributed by atoms with Gasteiger partial charge in [0, 0.05) is 28.5 Å². The van der Waals surface area contributed by atoms with Gasteiger partial charge in [-0.15, -0.1) is 0 Å². The van der Waals surface area contributed by atoms with Crippen LogP contribution in [-0.4, -0.2) is 13.0 Å². The lowest BCUT2D eigenvalue weighted by atomic mass is 10.1. The number of benzene rings is 2. The average molecular weight is 354 g/mol. The highest BCUT2D eigenvalue weighted by molar-refractivity contribution is 9.10. The van der Waals surface area contributed by atoms with Gasteiger partial charge in [0.05, 0.1) is 5.02 Å². The fraction of sp³-hybridized carbons (Fsp3) is 0.133. The molecule has 2 rings (SSSR count). The van der Waals surface area contributed by atoms with Crippen LogP contribution in [-0.2, 0) is 0 Å². The fourth-order valence-electron chi connectivity index (χ4n) is 1.86. The Labute approximate surface area is 131 Å². The standard InChI is InChI=1S/C15H14BrClN2O/c1-9-7-10(3-6-14(9)18-2)15(20)19-11-4-5-12(16)13(17)8-11/h3-8,18H,1-2H3,(H,19,20). The van der Waals surface area contributed by atoms with Gasteiger partial charge in [0.1, 0.15) is 0 Å². The molecule has 0 spiro atoms. The highest BCUT2D eigenvalue weighted by Gasteiger charge is 2.08. The van der Waals surface area contributed by atoms with Crippen LogP contribution < -0.4 is 10.6 Å². The van der Waals surface area contributed by atoms with Crippen LogP contribution in [0.1, 0.15) is 15.9 Å². The second-order valence-electron chi connectivity index (χ2n) is 4.36. The number of hydrogen-bond donors (Lipinski definition) is 2. The summed E-state index contributed by atoms with van der Waals surface area (Å²) >= 11 is 9.32. The van der Waals surface area contributed by atoms with Gasteiger partial charge in [0.15, 0.2) is 0 Å². The fourth-order valence-corrected chi connectivity index (χ4v) is 2.29. The van der Waals surface area contributed by atoms with Gasteiger partial charge >= 0.3 is 0 Å². The number of amides is 1. The third-order valence-electron chi connectivity index (χ3n) is 2.94. The molecule has 0 saturated carbocycles. The van der Waals surface area contributed by atoms with Crippen molar-refractivity contribution in [3.63, 3.8) is 0 Å². The number of rotatable bonds is 3. The first-order valence-electron chi connectivity index (χ1n) is 6.06. The van der Waals surface area contributed by atoms with Gasteiger partial charge < -0.3 is 10.6 Å². The Morgan fingerprint density at radius 1 is 1.20 bits per heavy atom. The molecule has 0 aromatic heterocycles. The van der Waals surface area contributed by atoms with Crippen molar-refractivity contribution in [3.05, 3.63) is 57.0 Å². The van der Waals surface area contributed by atoms with Crippen LogP contribution in [0.3, 0.4) is 0 Å². The summed E-state index contributed by atoms with van der Waals surface area (Å²) in [7, 11) is 1.85. The van der Waals surface area contributed by atoms with E-state index in [1.165, 1.54) is 0 Å².